The molecule has 1 fully saturated rings. The number of nitrogens with one attached hydrogen (secondary N) is 3. The molecule has 1 aliphatic rings. The molecule has 3 N–H and O–H groups in total. The summed E-state index contributed by atoms with van der Waals surface area (Å²) in [6.07, 6.45) is 6.80. The standard InChI is InChI=1S/C26H18FN7OS/c27-19-9-15(16-7-17(11-28-10-16)30-26(35)13-1-2-13)8-18-22(19)33-34-23(18)25-31-20-3-5-29-21(24(20)32-25)14-4-6-36-12-14/h3-13H,1-2H2,(H,30,35)(H,31,32)(H,33,34). The lowest BCUT2D eigenvalue weighted by Crippen LogP contribution is -2.13. The number of nitrogens with zero attached hydrogens (tertiary/aromatic N) is 4. The summed E-state index contributed by atoms with van der Waals surface area (Å²) >= 11 is 1.59. The Bertz CT molecular complexity index is 1770. The van der Waals surface area contributed by atoms with Gasteiger partial charge in [0.15, 0.2) is 11.6 Å². The predicted octanol–water partition coefficient (Wildman–Crippen LogP) is 5.78. The number of hydrogen-bond acceptors (Lipinski definition) is 6. The van der Waals surface area contributed by atoms with Crippen LogP contribution in [0.5, 0.6) is 0 Å². The van der Waals surface area contributed by atoms with Crippen LogP contribution in [0.15, 0.2) is 59.7 Å². The van der Waals surface area contributed by atoms with Gasteiger partial charge in [-0.2, -0.15) is 16.4 Å². The number of pyridine rings is 2. The highest BCUT2D eigenvalue weighted by atomic mass is 32.1. The zero-order valence-corrected chi connectivity index (χ0v) is 19.6. The first-order chi connectivity index (χ1) is 17.6. The van der Waals surface area contributed by atoms with Gasteiger partial charge in [-0.1, -0.05) is 0 Å². The summed E-state index contributed by atoms with van der Waals surface area (Å²) < 4.78 is 15.1. The van der Waals surface area contributed by atoms with Gasteiger partial charge < -0.3 is 10.3 Å². The van der Waals surface area contributed by atoms with Crippen LogP contribution in [-0.2, 0) is 4.79 Å². The Morgan fingerprint density at radius 2 is 2.00 bits per heavy atom. The third-order valence-corrected chi connectivity index (χ3v) is 7.02. The van der Waals surface area contributed by atoms with Crippen molar-refractivity contribution < 1.29 is 9.18 Å². The van der Waals surface area contributed by atoms with Gasteiger partial charge in [-0.3, -0.25) is 19.9 Å². The molecule has 7 rings (SSSR count). The second kappa shape index (κ2) is 8.06. The minimum Gasteiger partial charge on any atom is -0.337 e. The number of anilines is 1. The van der Waals surface area contributed by atoms with E-state index >= 15 is 4.39 Å². The van der Waals surface area contributed by atoms with Crippen molar-refractivity contribution in [3.05, 3.63) is 65.5 Å². The molecule has 0 unspecified atom stereocenters. The van der Waals surface area contributed by atoms with E-state index in [1.165, 1.54) is 6.07 Å². The molecule has 0 radical (unpaired) electrons. The Hall–Kier alpha value is -4.44. The van der Waals surface area contributed by atoms with E-state index in [1.807, 2.05) is 29.0 Å². The number of aromatic amines is 2. The summed E-state index contributed by atoms with van der Waals surface area (Å²) in [5.74, 6) is 0.148. The molecular weight excluding hydrogens is 477 g/mol. The average Bonchev–Trinajstić information content (AvgIpc) is 3.26. The number of hydrogen-bond donors (Lipinski definition) is 3. The lowest BCUT2D eigenvalue weighted by atomic mass is 10.0. The Balaban J connectivity index is 1.32. The van der Waals surface area contributed by atoms with Crippen molar-refractivity contribution in [1.82, 2.24) is 30.1 Å². The van der Waals surface area contributed by atoms with Gasteiger partial charge in [0.1, 0.15) is 16.7 Å². The summed E-state index contributed by atoms with van der Waals surface area (Å²) in [5, 5.41) is 14.7. The highest BCUT2D eigenvalue weighted by Crippen LogP contribution is 2.35. The van der Waals surface area contributed by atoms with Gasteiger partial charge in [0.2, 0.25) is 5.91 Å². The number of aromatic nitrogens is 6. The molecule has 0 spiro atoms. The monoisotopic (exact) mass is 495 g/mol. The van der Waals surface area contributed by atoms with Gasteiger partial charge in [-0.15, -0.1) is 0 Å². The van der Waals surface area contributed by atoms with Gasteiger partial charge in [0.05, 0.1) is 23.1 Å². The van der Waals surface area contributed by atoms with E-state index in [0.717, 1.165) is 35.1 Å². The highest BCUT2D eigenvalue weighted by molar-refractivity contribution is 7.08. The summed E-state index contributed by atoms with van der Waals surface area (Å²) in [5.41, 5.74) is 6.01. The lowest BCUT2D eigenvalue weighted by molar-refractivity contribution is -0.117. The molecule has 1 saturated carbocycles. The van der Waals surface area contributed by atoms with Crippen LogP contribution in [0.3, 0.4) is 0 Å². The van der Waals surface area contributed by atoms with E-state index in [2.05, 4.69) is 30.5 Å². The van der Waals surface area contributed by atoms with Gasteiger partial charge in [-0.05, 0) is 54.1 Å². The molecule has 0 atom stereocenters. The molecule has 1 amide bonds. The Kier molecular flexibility index (Phi) is 4.68. The molecule has 1 aliphatic carbocycles. The average molecular weight is 496 g/mol. The number of H-pyrrole nitrogens is 2. The smallest absolute Gasteiger partial charge is 0.227 e. The maximum Gasteiger partial charge on any atom is 0.227 e. The minimum absolute atomic E-state index is 0.00565. The molecular formula is C26H18FN7OS. The first-order valence-electron chi connectivity index (χ1n) is 11.5. The van der Waals surface area contributed by atoms with Gasteiger partial charge in [0, 0.05) is 40.2 Å². The van der Waals surface area contributed by atoms with Crippen LogP contribution in [0.2, 0.25) is 0 Å². The number of fused-ring (bicyclic) bond motifs is 2. The van der Waals surface area contributed by atoms with Gasteiger partial charge in [0.25, 0.3) is 0 Å². The topological polar surface area (TPSA) is 112 Å². The quantitative estimate of drug-likeness (QED) is 0.281. The molecule has 36 heavy (non-hydrogen) atoms. The lowest BCUT2D eigenvalue weighted by Gasteiger charge is -2.07. The fourth-order valence-electron chi connectivity index (χ4n) is 4.34. The van der Waals surface area contributed by atoms with Crippen LogP contribution in [0, 0.1) is 11.7 Å². The predicted molar refractivity (Wildman–Crippen MR) is 137 cm³/mol. The summed E-state index contributed by atoms with van der Waals surface area (Å²) in [6, 6.07) is 8.94. The van der Waals surface area contributed by atoms with Crippen LogP contribution in [0.4, 0.5) is 10.1 Å². The molecule has 0 bridgehead atoms. The van der Waals surface area contributed by atoms with Crippen molar-refractivity contribution in [3.8, 4) is 33.9 Å². The van der Waals surface area contributed by atoms with Crippen molar-refractivity contribution in [3.63, 3.8) is 0 Å². The normalized spacial score (nSPS) is 13.5. The van der Waals surface area contributed by atoms with E-state index in [4.69, 9.17) is 4.98 Å². The number of carbonyl (C=O) groups excluding carboxylic acids is 1. The second-order valence-electron chi connectivity index (χ2n) is 8.83. The highest BCUT2D eigenvalue weighted by Gasteiger charge is 2.29. The van der Waals surface area contributed by atoms with E-state index < -0.39 is 5.82 Å². The molecule has 0 saturated heterocycles. The van der Waals surface area contributed by atoms with Crippen molar-refractivity contribution in [1.29, 1.82) is 0 Å². The fourth-order valence-corrected chi connectivity index (χ4v) is 4.98. The molecule has 1 aromatic carbocycles. The summed E-state index contributed by atoms with van der Waals surface area (Å²) in [4.78, 5) is 29.0. The van der Waals surface area contributed by atoms with Crippen LogP contribution >= 0.6 is 11.3 Å². The summed E-state index contributed by atoms with van der Waals surface area (Å²) in [6.45, 7) is 0. The molecule has 0 aliphatic heterocycles. The number of imidazole rings is 1. The first-order valence-corrected chi connectivity index (χ1v) is 12.4. The first kappa shape index (κ1) is 20.9. The zero-order chi connectivity index (χ0) is 24.2. The number of carbonyl (C=O) groups is 1. The Labute approximate surface area is 207 Å². The summed E-state index contributed by atoms with van der Waals surface area (Å²) in [7, 11) is 0. The zero-order valence-electron chi connectivity index (χ0n) is 18.7. The molecule has 8 nitrogen and oxygen atoms in total. The van der Waals surface area contributed by atoms with Gasteiger partial charge >= 0.3 is 0 Å². The number of amides is 1. The second-order valence-corrected chi connectivity index (χ2v) is 9.61. The van der Waals surface area contributed by atoms with Crippen LogP contribution in [0.25, 0.3) is 55.8 Å². The number of benzene rings is 1. The van der Waals surface area contributed by atoms with E-state index in [1.54, 1.807) is 36.0 Å². The maximum atomic E-state index is 15.1. The van der Waals surface area contributed by atoms with Crippen LogP contribution < -0.4 is 5.32 Å². The number of thiophene rings is 1. The van der Waals surface area contributed by atoms with Crippen molar-refractivity contribution in [2.24, 2.45) is 5.92 Å². The van der Waals surface area contributed by atoms with Gasteiger partial charge in [-0.25, -0.2) is 9.37 Å². The van der Waals surface area contributed by atoms with Crippen molar-refractivity contribution >= 4 is 44.9 Å². The largest absolute Gasteiger partial charge is 0.337 e. The van der Waals surface area contributed by atoms with Crippen LogP contribution in [-0.4, -0.2) is 36.0 Å². The van der Waals surface area contributed by atoms with Crippen molar-refractivity contribution in [2.45, 2.75) is 12.8 Å². The SMILES string of the molecule is O=C(Nc1cncc(-c2cc(F)c3n[nH]c(-c4nc5c(-c6ccsc6)nccc5[nH]4)c3c2)c1)C1CC1. The van der Waals surface area contributed by atoms with E-state index in [0.29, 0.717) is 33.7 Å². The molecule has 10 heteroatoms. The van der Waals surface area contributed by atoms with E-state index in [-0.39, 0.29) is 17.3 Å². The Morgan fingerprint density at radius 1 is 1.08 bits per heavy atom. The fraction of sp³-hybridized carbons (Fsp3) is 0.115. The third-order valence-electron chi connectivity index (χ3n) is 6.33. The molecule has 5 heterocycles. The molecule has 5 aromatic heterocycles. The third kappa shape index (κ3) is 3.54. The number of rotatable bonds is 5. The Morgan fingerprint density at radius 3 is 2.83 bits per heavy atom. The molecule has 6 aromatic rings. The van der Waals surface area contributed by atoms with E-state index in [9.17, 15) is 4.79 Å². The van der Waals surface area contributed by atoms with Crippen LogP contribution in [0.1, 0.15) is 12.8 Å². The van der Waals surface area contributed by atoms with Crippen molar-refractivity contribution in [2.75, 3.05) is 5.32 Å². The maximum absolute atomic E-state index is 15.1. The minimum atomic E-state index is -0.464. The molecule has 176 valence electrons. The number of halogens is 1.